The van der Waals surface area contributed by atoms with E-state index in [1.807, 2.05) is 12.1 Å². The fraction of sp³-hybridized carbons (Fsp3) is 0.267. The molecule has 1 heterocycles. The first kappa shape index (κ1) is 13.8. The minimum absolute atomic E-state index is 0.278. The maximum Gasteiger partial charge on any atom is 0.249 e. The zero-order chi connectivity index (χ0) is 13.8. The summed E-state index contributed by atoms with van der Waals surface area (Å²) in [5, 5.41) is 5.27. The summed E-state index contributed by atoms with van der Waals surface area (Å²) in [4.78, 5) is 12.1. The van der Waals surface area contributed by atoms with Gasteiger partial charge >= 0.3 is 0 Å². The van der Waals surface area contributed by atoms with Gasteiger partial charge in [-0.2, -0.15) is 0 Å². The highest BCUT2D eigenvalue weighted by Crippen LogP contribution is 2.19. The Morgan fingerprint density at radius 2 is 2.16 bits per heavy atom. The first-order valence-electron chi connectivity index (χ1n) is 6.24. The Balaban J connectivity index is 1.98. The summed E-state index contributed by atoms with van der Waals surface area (Å²) in [5.74, 6) is -0.366. The van der Waals surface area contributed by atoms with Gasteiger partial charge in [0, 0.05) is 22.8 Å². The van der Waals surface area contributed by atoms with Crippen LogP contribution in [0, 0.1) is 6.92 Å². The molecule has 0 unspecified atom stereocenters. The molecule has 0 aliphatic carbocycles. The number of hydrogen-bond donors (Lipinski definition) is 2. The molecule has 4 heteroatoms. The number of hydrogen-bond acceptors (Lipinski definition) is 3. The van der Waals surface area contributed by atoms with Crippen LogP contribution in [0.2, 0.25) is 0 Å². The van der Waals surface area contributed by atoms with Crippen molar-refractivity contribution in [3.05, 3.63) is 57.3 Å². The van der Waals surface area contributed by atoms with Crippen molar-refractivity contribution in [1.29, 1.82) is 0 Å². The molecule has 1 aromatic heterocycles. The van der Waals surface area contributed by atoms with Crippen LogP contribution in [0.1, 0.15) is 39.3 Å². The van der Waals surface area contributed by atoms with Crippen LogP contribution >= 0.6 is 11.3 Å². The molecular formula is C15H18N2OS. The zero-order valence-electron chi connectivity index (χ0n) is 11.1. The first-order valence-corrected chi connectivity index (χ1v) is 7.12. The Labute approximate surface area is 117 Å². The fourth-order valence-electron chi connectivity index (χ4n) is 2.04. The van der Waals surface area contributed by atoms with Crippen molar-refractivity contribution in [3.63, 3.8) is 0 Å². The minimum Gasteiger partial charge on any atom is -0.366 e. The Bertz CT molecular complexity index is 577. The van der Waals surface area contributed by atoms with Gasteiger partial charge in [-0.25, -0.2) is 0 Å². The summed E-state index contributed by atoms with van der Waals surface area (Å²) in [5.41, 5.74) is 8.41. The van der Waals surface area contributed by atoms with E-state index in [0.717, 1.165) is 11.4 Å². The molecule has 0 saturated carbocycles. The summed E-state index contributed by atoms with van der Waals surface area (Å²) in [6.45, 7) is 5.00. The number of amides is 1. The maximum atomic E-state index is 11.0. The second-order valence-electron chi connectivity index (χ2n) is 4.63. The molecule has 2 aromatic rings. The number of nitrogens with two attached hydrogens (primary N) is 1. The van der Waals surface area contributed by atoms with E-state index in [0.29, 0.717) is 5.56 Å². The van der Waals surface area contributed by atoms with E-state index >= 15 is 0 Å². The Morgan fingerprint density at radius 1 is 1.42 bits per heavy atom. The molecule has 1 aromatic carbocycles. The third-order valence-electron chi connectivity index (χ3n) is 3.18. The van der Waals surface area contributed by atoms with Crippen molar-refractivity contribution in [3.8, 4) is 0 Å². The van der Waals surface area contributed by atoms with E-state index in [9.17, 15) is 4.79 Å². The molecule has 2 rings (SSSR count). The molecular weight excluding hydrogens is 256 g/mol. The van der Waals surface area contributed by atoms with Crippen LogP contribution in [0.5, 0.6) is 0 Å². The minimum atomic E-state index is -0.366. The molecule has 0 saturated heterocycles. The molecule has 100 valence electrons. The van der Waals surface area contributed by atoms with Crippen molar-refractivity contribution in [2.24, 2.45) is 5.73 Å². The van der Waals surface area contributed by atoms with Gasteiger partial charge in [0.2, 0.25) is 5.91 Å². The van der Waals surface area contributed by atoms with E-state index in [1.165, 1.54) is 11.1 Å². The number of rotatable bonds is 5. The number of carbonyl (C=O) groups is 1. The van der Waals surface area contributed by atoms with Gasteiger partial charge in [-0.15, -0.1) is 11.3 Å². The zero-order valence-corrected chi connectivity index (χ0v) is 12.0. The van der Waals surface area contributed by atoms with Gasteiger partial charge in [0.1, 0.15) is 0 Å². The Hall–Kier alpha value is -1.65. The van der Waals surface area contributed by atoms with Crippen LogP contribution in [-0.2, 0) is 6.54 Å². The van der Waals surface area contributed by atoms with Crippen LogP contribution in [0.3, 0.4) is 0 Å². The Morgan fingerprint density at radius 3 is 2.79 bits per heavy atom. The summed E-state index contributed by atoms with van der Waals surface area (Å²) in [6, 6.07) is 10.5. The molecule has 1 atom stereocenters. The molecule has 1 amide bonds. The van der Waals surface area contributed by atoms with Crippen LogP contribution in [0.4, 0.5) is 0 Å². The van der Waals surface area contributed by atoms with Crippen LogP contribution in [-0.4, -0.2) is 5.91 Å². The average molecular weight is 274 g/mol. The van der Waals surface area contributed by atoms with Crippen molar-refractivity contribution < 1.29 is 4.79 Å². The lowest BCUT2D eigenvalue weighted by molar-refractivity contribution is 0.100. The SMILES string of the molecule is Cc1ccccc1[C@@H](C)NCc1cc(C(N)=O)cs1. The quantitative estimate of drug-likeness (QED) is 0.880. The molecule has 0 aliphatic heterocycles. The number of thiophene rings is 1. The van der Waals surface area contributed by atoms with Gasteiger partial charge in [-0.3, -0.25) is 4.79 Å². The van der Waals surface area contributed by atoms with Gasteiger partial charge in [0.05, 0.1) is 5.56 Å². The predicted octanol–water partition coefficient (Wildman–Crippen LogP) is 3.01. The summed E-state index contributed by atoms with van der Waals surface area (Å²) in [6.07, 6.45) is 0. The number of primary amides is 1. The Kier molecular flexibility index (Phi) is 4.35. The third kappa shape index (κ3) is 3.43. The monoisotopic (exact) mass is 274 g/mol. The summed E-state index contributed by atoms with van der Waals surface area (Å²) >= 11 is 1.56. The third-order valence-corrected chi connectivity index (χ3v) is 4.11. The topological polar surface area (TPSA) is 55.1 Å². The first-order chi connectivity index (χ1) is 9.08. The highest BCUT2D eigenvalue weighted by molar-refractivity contribution is 7.10. The maximum absolute atomic E-state index is 11.0. The van der Waals surface area contributed by atoms with Crippen LogP contribution in [0.15, 0.2) is 35.7 Å². The van der Waals surface area contributed by atoms with Gasteiger partial charge in [0.25, 0.3) is 0 Å². The number of benzene rings is 1. The molecule has 0 aliphatic rings. The number of carbonyl (C=O) groups excluding carboxylic acids is 1. The number of nitrogens with one attached hydrogen (secondary N) is 1. The average Bonchev–Trinajstić information content (AvgIpc) is 2.85. The van der Waals surface area contributed by atoms with Crippen molar-refractivity contribution in [2.45, 2.75) is 26.4 Å². The number of aryl methyl sites for hydroxylation is 1. The van der Waals surface area contributed by atoms with E-state index in [4.69, 9.17) is 5.73 Å². The van der Waals surface area contributed by atoms with Crippen molar-refractivity contribution in [1.82, 2.24) is 5.32 Å². The lowest BCUT2D eigenvalue weighted by Gasteiger charge is -2.15. The van der Waals surface area contributed by atoms with Crippen molar-refractivity contribution in [2.75, 3.05) is 0 Å². The molecule has 0 spiro atoms. The van der Waals surface area contributed by atoms with Crippen LogP contribution < -0.4 is 11.1 Å². The second-order valence-corrected chi connectivity index (χ2v) is 5.62. The molecule has 0 fully saturated rings. The highest BCUT2D eigenvalue weighted by atomic mass is 32.1. The summed E-state index contributed by atoms with van der Waals surface area (Å²) < 4.78 is 0. The lowest BCUT2D eigenvalue weighted by atomic mass is 10.0. The van der Waals surface area contributed by atoms with E-state index < -0.39 is 0 Å². The predicted molar refractivity (Wildman–Crippen MR) is 79.3 cm³/mol. The van der Waals surface area contributed by atoms with Gasteiger partial charge in [-0.1, -0.05) is 24.3 Å². The smallest absolute Gasteiger partial charge is 0.249 e. The van der Waals surface area contributed by atoms with E-state index in [2.05, 4.69) is 37.4 Å². The van der Waals surface area contributed by atoms with Crippen molar-refractivity contribution >= 4 is 17.2 Å². The van der Waals surface area contributed by atoms with Gasteiger partial charge in [0.15, 0.2) is 0 Å². The molecule has 19 heavy (non-hydrogen) atoms. The molecule has 3 N–H and O–H groups in total. The molecule has 0 bridgehead atoms. The fourth-order valence-corrected chi connectivity index (χ4v) is 2.86. The van der Waals surface area contributed by atoms with Crippen LogP contribution in [0.25, 0.3) is 0 Å². The molecule has 0 radical (unpaired) electrons. The van der Waals surface area contributed by atoms with Gasteiger partial charge in [-0.05, 0) is 31.0 Å². The molecule has 3 nitrogen and oxygen atoms in total. The van der Waals surface area contributed by atoms with Gasteiger partial charge < -0.3 is 11.1 Å². The van der Waals surface area contributed by atoms with E-state index in [-0.39, 0.29) is 11.9 Å². The largest absolute Gasteiger partial charge is 0.366 e. The normalized spacial score (nSPS) is 12.3. The summed E-state index contributed by atoms with van der Waals surface area (Å²) in [7, 11) is 0. The van der Waals surface area contributed by atoms with E-state index in [1.54, 1.807) is 16.7 Å². The lowest BCUT2D eigenvalue weighted by Crippen LogP contribution is -2.18. The highest BCUT2D eigenvalue weighted by Gasteiger charge is 2.09. The second kappa shape index (κ2) is 5.99. The standard InChI is InChI=1S/C15H18N2OS/c1-10-5-3-4-6-14(10)11(2)17-8-13-7-12(9-19-13)15(16)18/h3-7,9,11,17H,8H2,1-2H3,(H2,16,18)/t11-/m1/s1.